The van der Waals surface area contributed by atoms with Gasteiger partial charge in [-0.05, 0) is 55.9 Å². The zero-order chi connectivity index (χ0) is 23.3. The second-order valence-electron chi connectivity index (χ2n) is 8.33. The molecule has 1 N–H and O–H groups in total. The second kappa shape index (κ2) is 7.95. The number of halogens is 2. The van der Waals surface area contributed by atoms with E-state index >= 15 is 0 Å². The highest BCUT2D eigenvalue weighted by molar-refractivity contribution is 6.07. The Kier molecular flexibility index (Phi) is 5.08. The smallest absolute Gasteiger partial charge is 0.280 e. The van der Waals surface area contributed by atoms with E-state index in [-0.39, 0.29) is 34.6 Å². The van der Waals surface area contributed by atoms with Gasteiger partial charge >= 0.3 is 0 Å². The third-order valence-electron chi connectivity index (χ3n) is 6.18. The summed E-state index contributed by atoms with van der Waals surface area (Å²) in [7, 11) is 0. The van der Waals surface area contributed by atoms with E-state index in [9.17, 15) is 18.4 Å². The SMILES string of the molecule is Cc1nccn1-n1c(C)c(C(=O)NCc2cccc(F)c2C2CC2)c2cccc(F)c2c1=O. The van der Waals surface area contributed by atoms with Crippen LogP contribution in [0.1, 0.15) is 51.8 Å². The van der Waals surface area contributed by atoms with Crippen molar-refractivity contribution in [1.29, 1.82) is 0 Å². The predicted octanol–water partition coefficient (Wildman–Crippen LogP) is 4.21. The van der Waals surface area contributed by atoms with E-state index in [0.717, 1.165) is 18.4 Å². The van der Waals surface area contributed by atoms with Crippen molar-refractivity contribution >= 4 is 16.7 Å². The molecule has 0 bridgehead atoms. The van der Waals surface area contributed by atoms with E-state index in [2.05, 4.69) is 10.3 Å². The zero-order valence-corrected chi connectivity index (χ0v) is 18.2. The lowest BCUT2D eigenvalue weighted by atomic mass is 10.0. The molecule has 2 aromatic heterocycles. The number of benzene rings is 2. The quantitative estimate of drug-likeness (QED) is 0.497. The summed E-state index contributed by atoms with van der Waals surface area (Å²) in [6.07, 6.45) is 4.96. The summed E-state index contributed by atoms with van der Waals surface area (Å²) in [6, 6.07) is 9.09. The fourth-order valence-electron chi connectivity index (χ4n) is 4.47. The molecular formula is C25H22F2N4O2. The van der Waals surface area contributed by atoms with E-state index in [0.29, 0.717) is 17.1 Å². The number of rotatable bonds is 5. The van der Waals surface area contributed by atoms with Crippen molar-refractivity contribution in [3.63, 3.8) is 0 Å². The van der Waals surface area contributed by atoms with Crippen molar-refractivity contribution in [2.45, 2.75) is 39.2 Å². The van der Waals surface area contributed by atoms with Crippen LogP contribution in [0.3, 0.4) is 0 Å². The van der Waals surface area contributed by atoms with Crippen molar-refractivity contribution in [3.05, 3.63) is 99.0 Å². The standard InChI is InChI=1S/C25H22F2N4O2/c1-14-21(24(32)29-13-17-5-3-7-19(26)22(17)16-9-10-16)18-6-4-8-20(27)23(18)25(33)31(14)30-12-11-28-15(30)2/h3-8,11-12,16H,9-10,13H2,1-2H3,(H,29,32). The van der Waals surface area contributed by atoms with Gasteiger partial charge in [0.15, 0.2) is 0 Å². The molecule has 0 spiro atoms. The minimum absolute atomic E-state index is 0.127. The normalized spacial score (nSPS) is 13.5. The Bertz CT molecular complexity index is 1470. The first kappa shape index (κ1) is 21.1. The molecule has 1 aliphatic rings. The van der Waals surface area contributed by atoms with Crippen LogP contribution < -0.4 is 10.9 Å². The third kappa shape index (κ3) is 3.51. The number of nitrogens with zero attached hydrogens (tertiary/aromatic N) is 3. The molecule has 8 heteroatoms. The maximum absolute atomic E-state index is 14.8. The van der Waals surface area contributed by atoms with Gasteiger partial charge in [0.05, 0.1) is 16.6 Å². The van der Waals surface area contributed by atoms with Gasteiger partial charge in [-0.25, -0.2) is 23.1 Å². The molecule has 0 saturated heterocycles. The Morgan fingerprint density at radius 1 is 1.12 bits per heavy atom. The number of aromatic nitrogens is 3. The highest BCUT2D eigenvalue weighted by Gasteiger charge is 2.29. The number of aryl methyl sites for hydroxylation is 1. The van der Waals surface area contributed by atoms with Crippen LogP contribution in [-0.2, 0) is 6.54 Å². The minimum atomic E-state index is -0.709. The number of imidazole rings is 1. The highest BCUT2D eigenvalue weighted by Crippen LogP contribution is 2.42. The molecule has 2 heterocycles. The van der Waals surface area contributed by atoms with Gasteiger partial charge < -0.3 is 5.32 Å². The zero-order valence-electron chi connectivity index (χ0n) is 18.2. The summed E-state index contributed by atoms with van der Waals surface area (Å²) >= 11 is 0. The van der Waals surface area contributed by atoms with Crippen molar-refractivity contribution < 1.29 is 13.6 Å². The average Bonchev–Trinajstić information content (AvgIpc) is 3.53. The maximum atomic E-state index is 14.8. The van der Waals surface area contributed by atoms with Crippen LogP contribution in [0.15, 0.2) is 53.6 Å². The fraction of sp³-hybridized carbons (Fsp3) is 0.240. The van der Waals surface area contributed by atoms with Gasteiger partial charge in [-0.3, -0.25) is 9.59 Å². The number of amides is 1. The van der Waals surface area contributed by atoms with Crippen LogP contribution in [0.25, 0.3) is 10.8 Å². The molecule has 1 fully saturated rings. The van der Waals surface area contributed by atoms with Crippen molar-refractivity contribution in [1.82, 2.24) is 19.7 Å². The first-order valence-electron chi connectivity index (χ1n) is 10.8. The Balaban J connectivity index is 1.62. The van der Waals surface area contributed by atoms with E-state index in [1.165, 1.54) is 33.7 Å². The van der Waals surface area contributed by atoms with Crippen LogP contribution in [0.5, 0.6) is 0 Å². The maximum Gasteiger partial charge on any atom is 0.280 e. The minimum Gasteiger partial charge on any atom is -0.348 e. The molecule has 168 valence electrons. The van der Waals surface area contributed by atoms with Crippen LogP contribution in [0, 0.1) is 25.5 Å². The summed E-state index contributed by atoms with van der Waals surface area (Å²) in [4.78, 5) is 30.8. The average molecular weight is 448 g/mol. The molecule has 4 aromatic rings. The first-order valence-corrected chi connectivity index (χ1v) is 10.8. The van der Waals surface area contributed by atoms with Gasteiger partial charge in [-0.2, -0.15) is 0 Å². The van der Waals surface area contributed by atoms with Gasteiger partial charge in [0.1, 0.15) is 17.5 Å². The number of fused-ring (bicyclic) bond motifs is 1. The topological polar surface area (TPSA) is 68.9 Å². The summed E-state index contributed by atoms with van der Waals surface area (Å²) in [5, 5.41) is 2.91. The molecule has 0 radical (unpaired) electrons. The molecule has 1 aliphatic carbocycles. The van der Waals surface area contributed by atoms with Gasteiger partial charge in [-0.1, -0.05) is 24.3 Å². The molecular weight excluding hydrogens is 426 g/mol. The van der Waals surface area contributed by atoms with Crippen molar-refractivity contribution in [2.24, 2.45) is 0 Å². The predicted molar refractivity (Wildman–Crippen MR) is 120 cm³/mol. The summed E-state index contributed by atoms with van der Waals surface area (Å²) < 4.78 is 31.9. The number of hydrogen-bond donors (Lipinski definition) is 1. The van der Waals surface area contributed by atoms with Crippen LogP contribution in [0.4, 0.5) is 8.78 Å². The molecule has 33 heavy (non-hydrogen) atoms. The Hall–Kier alpha value is -3.81. The molecule has 6 nitrogen and oxygen atoms in total. The lowest BCUT2D eigenvalue weighted by molar-refractivity contribution is 0.0950. The molecule has 1 saturated carbocycles. The van der Waals surface area contributed by atoms with Gasteiger partial charge in [0, 0.05) is 24.3 Å². The van der Waals surface area contributed by atoms with Gasteiger partial charge in [0.25, 0.3) is 11.5 Å². The lowest BCUT2D eigenvalue weighted by Gasteiger charge is -2.19. The van der Waals surface area contributed by atoms with Crippen LogP contribution >= 0.6 is 0 Å². The number of hydrogen-bond acceptors (Lipinski definition) is 3. The Morgan fingerprint density at radius 2 is 1.85 bits per heavy atom. The van der Waals surface area contributed by atoms with Crippen LogP contribution in [-0.4, -0.2) is 20.2 Å². The summed E-state index contributed by atoms with van der Waals surface area (Å²) in [5.74, 6) is -0.756. The fourth-order valence-corrected chi connectivity index (χ4v) is 4.47. The molecule has 2 aromatic carbocycles. The van der Waals surface area contributed by atoms with E-state index < -0.39 is 17.3 Å². The largest absolute Gasteiger partial charge is 0.348 e. The van der Waals surface area contributed by atoms with Gasteiger partial charge in [-0.15, -0.1) is 0 Å². The van der Waals surface area contributed by atoms with E-state index in [4.69, 9.17) is 0 Å². The highest BCUT2D eigenvalue weighted by atomic mass is 19.1. The lowest BCUT2D eigenvalue weighted by Crippen LogP contribution is -2.34. The molecule has 1 amide bonds. The number of nitrogens with one attached hydrogen (secondary N) is 1. The number of pyridine rings is 1. The Morgan fingerprint density at radius 3 is 2.55 bits per heavy atom. The van der Waals surface area contributed by atoms with E-state index in [1.807, 2.05) is 0 Å². The van der Waals surface area contributed by atoms with E-state index in [1.54, 1.807) is 38.2 Å². The van der Waals surface area contributed by atoms with Crippen molar-refractivity contribution in [3.8, 4) is 0 Å². The number of carbonyl (C=O) groups excluding carboxylic acids is 1. The van der Waals surface area contributed by atoms with Gasteiger partial charge in [0.2, 0.25) is 0 Å². The van der Waals surface area contributed by atoms with Crippen molar-refractivity contribution in [2.75, 3.05) is 0 Å². The first-order chi connectivity index (χ1) is 15.9. The van der Waals surface area contributed by atoms with Crippen LogP contribution in [0.2, 0.25) is 0 Å². The molecule has 0 unspecified atom stereocenters. The third-order valence-corrected chi connectivity index (χ3v) is 6.18. The second-order valence-corrected chi connectivity index (χ2v) is 8.33. The summed E-state index contributed by atoms with van der Waals surface area (Å²) in [6.45, 7) is 3.47. The molecule has 0 aliphatic heterocycles. The monoisotopic (exact) mass is 448 g/mol. The Labute approximate surface area is 188 Å². The summed E-state index contributed by atoms with van der Waals surface area (Å²) in [5.41, 5.74) is 1.31. The molecule has 0 atom stereocenters. The molecule has 5 rings (SSSR count). The number of carbonyl (C=O) groups is 1.